The van der Waals surface area contributed by atoms with E-state index in [2.05, 4.69) is 26.0 Å². The van der Waals surface area contributed by atoms with E-state index in [1.165, 1.54) is 109 Å². The summed E-state index contributed by atoms with van der Waals surface area (Å²) in [6.07, 6.45) is 35.1. The minimum absolute atomic E-state index is 0.0393. The summed E-state index contributed by atoms with van der Waals surface area (Å²) < 4.78 is 32.9. The number of phosphoric acid groups is 1. The van der Waals surface area contributed by atoms with Crippen molar-refractivity contribution in [2.45, 2.75) is 200 Å². The normalized spacial score (nSPS) is 13.5. The predicted molar refractivity (Wildman–Crippen MR) is 201 cm³/mol. The van der Waals surface area contributed by atoms with Gasteiger partial charge in [0.1, 0.15) is 19.3 Å². The van der Waals surface area contributed by atoms with Crippen LogP contribution in [0.1, 0.15) is 194 Å². The van der Waals surface area contributed by atoms with Gasteiger partial charge in [-0.05, 0) is 38.5 Å². The Morgan fingerprint density at radius 2 is 0.939 bits per heavy atom. The maximum atomic E-state index is 12.3. The van der Waals surface area contributed by atoms with E-state index in [9.17, 15) is 19.0 Å². The lowest BCUT2D eigenvalue weighted by Gasteiger charge is -2.20. The van der Waals surface area contributed by atoms with Crippen LogP contribution in [0.5, 0.6) is 0 Å². The molecule has 0 aliphatic carbocycles. The third-order valence-electron chi connectivity index (χ3n) is 8.64. The van der Waals surface area contributed by atoms with Gasteiger partial charge in [-0.2, -0.15) is 0 Å². The Kier molecular flexibility index (Phi) is 35.6. The first-order chi connectivity index (χ1) is 23.8. The number of carbonyl (C=O) groups excluding carboxylic acids is 2. The number of hydrogen-bond donors (Lipinski definition) is 2. The summed E-state index contributed by atoms with van der Waals surface area (Å²) in [5, 5.41) is 0. The second kappa shape index (κ2) is 36.5. The Morgan fingerprint density at radius 1 is 0.592 bits per heavy atom. The molecule has 0 aliphatic heterocycles. The van der Waals surface area contributed by atoms with E-state index in [0.717, 1.165) is 51.4 Å². The molecule has 0 amide bonds. The zero-order chi connectivity index (χ0) is 36.1. The quantitative estimate of drug-likeness (QED) is 0.0277. The molecule has 3 N–H and O–H groups in total. The second-order valence-electron chi connectivity index (χ2n) is 13.5. The molecule has 9 nitrogen and oxygen atoms in total. The molecule has 49 heavy (non-hydrogen) atoms. The summed E-state index contributed by atoms with van der Waals surface area (Å²) >= 11 is 0. The van der Waals surface area contributed by atoms with Crippen LogP contribution in [-0.4, -0.2) is 49.3 Å². The van der Waals surface area contributed by atoms with Crippen molar-refractivity contribution in [1.29, 1.82) is 0 Å². The van der Waals surface area contributed by atoms with Crippen LogP contribution in [-0.2, 0) is 32.7 Å². The molecule has 0 rings (SSSR count). The van der Waals surface area contributed by atoms with Crippen LogP contribution in [0.4, 0.5) is 0 Å². The molecule has 0 radical (unpaired) electrons. The zero-order valence-corrected chi connectivity index (χ0v) is 32.6. The van der Waals surface area contributed by atoms with Crippen LogP contribution in [0.3, 0.4) is 0 Å². The van der Waals surface area contributed by atoms with Crippen LogP contribution in [0.15, 0.2) is 12.2 Å². The third-order valence-corrected chi connectivity index (χ3v) is 9.72. The molecule has 2 atom stereocenters. The van der Waals surface area contributed by atoms with E-state index >= 15 is 0 Å². The Bertz CT molecular complexity index is 825. The lowest BCUT2D eigenvalue weighted by atomic mass is 10.0. The van der Waals surface area contributed by atoms with Gasteiger partial charge in [0.15, 0.2) is 0 Å². The lowest BCUT2D eigenvalue weighted by Crippen LogP contribution is -2.28. The average Bonchev–Trinajstić information content (AvgIpc) is 3.08. The Balaban J connectivity index is 4.12. The van der Waals surface area contributed by atoms with Gasteiger partial charge in [0.25, 0.3) is 0 Å². The zero-order valence-electron chi connectivity index (χ0n) is 31.7. The molecular formula is C39H76NO8P. The van der Waals surface area contributed by atoms with Gasteiger partial charge in [-0.15, -0.1) is 0 Å². The highest BCUT2D eigenvalue weighted by Gasteiger charge is 2.28. The fraction of sp³-hybridized carbons (Fsp3) is 0.897. The largest absolute Gasteiger partial charge is 0.472 e. The molecule has 0 saturated carbocycles. The molecule has 0 spiro atoms. The van der Waals surface area contributed by atoms with Gasteiger partial charge in [-0.3, -0.25) is 18.6 Å². The maximum Gasteiger partial charge on any atom is 0.472 e. The SMILES string of the molecule is CCCCCCCC/C=C\CCCCCCCC(=O)OCC(COC(=O)CCCCCCCCCCCCCCC)OP(=O)(O)OCCN. The number of allylic oxidation sites excluding steroid dienone is 2. The number of rotatable bonds is 38. The number of ether oxygens (including phenoxy) is 2. The maximum absolute atomic E-state index is 12.3. The van der Waals surface area contributed by atoms with Crippen LogP contribution in [0.2, 0.25) is 0 Å². The van der Waals surface area contributed by atoms with Gasteiger partial charge in [-0.25, -0.2) is 4.57 Å². The van der Waals surface area contributed by atoms with Crippen LogP contribution < -0.4 is 5.73 Å². The van der Waals surface area contributed by atoms with Crippen molar-refractivity contribution in [3.05, 3.63) is 12.2 Å². The topological polar surface area (TPSA) is 134 Å². The molecule has 0 aromatic carbocycles. The third kappa shape index (κ3) is 36.3. The first kappa shape index (κ1) is 47.8. The molecular weight excluding hydrogens is 641 g/mol. The fourth-order valence-electron chi connectivity index (χ4n) is 5.64. The van der Waals surface area contributed by atoms with Crippen molar-refractivity contribution in [2.24, 2.45) is 5.73 Å². The van der Waals surface area contributed by atoms with Gasteiger partial charge in [0, 0.05) is 19.4 Å². The summed E-state index contributed by atoms with van der Waals surface area (Å²) in [4.78, 5) is 34.7. The van der Waals surface area contributed by atoms with Crippen molar-refractivity contribution < 1.29 is 37.6 Å². The smallest absolute Gasteiger partial charge is 0.463 e. The standard InChI is InChI=1S/C39H76NO8P/c1-3-5-7-9-11-13-15-17-18-20-22-24-26-28-30-32-39(42)46-36-37(48-49(43,44)47-34-33-40)35-45-38(41)31-29-27-25-23-21-19-16-14-12-10-8-6-4-2/h17-18,37H,3-16,19-36,40H2,1-2H3,(H,43,44)/b18-17-. The monoisotopic (exact) mass is 718 g/mol. The van der Waals surface area contributed by atoms with Gasteiger partial charge in [0.05, 0.1) is 6.61 Å². The van der Waals surface area contributed by atoms with Crippen molar-refractivity contribution in [2.75, 3.05) is 26.4 Å². The Hall–Kier alpha value is -1.25. The van der Waals surface area contributed by atoms with E-state index in [1.807, 2.05) is 0 Å². The van der Waals surface area contributed by atoms with Crippen LogP contribution >= 0.6 is 7.82 Å². The number of unbranched alkanes of at least 4 members (excludes halogenated alkanes) is 23. The molecule has 0 bridgehead atoms. The van der Waals surface area contributed by atoms with Crippen molar-refractivity contribution in [3.8, 4) is 0 Å². The summed E-state index contributed by atoms with van der Waals surface area (Å²) in [7, 11) is -4.46. The van der Waals surface area contributed by atoms with Crippen LogP contribution in [0, 0.1) is 0 Å². The molecule has 0 aliphatic rings. The van der Waals surface area contributed by atoms with Crippen molar-refractivity contribution in [3.63, 3.8) is 0 Å². The molecule has 0 saturated heterocycles. The molecule has 290 valence electrons. The highest BCUT2D eigenvalue weighted by Crippen LogP contribution is 2.44. The van der Waals surface area contributed by atoms with E-state index in [4.69, 9.17) is 24.3 Å². The fourth-order valence-corrected chi connectivity index (χ4v) is 6.53. The first-order valence-electron chi connectivity index (χ1n) is 20.2. The Morgan fingerprint density at radius 3 is 1.31 bits per heavy atom. The molecule has 10 heteroatoms. The first-order valence-corrected chi connectivity index (χ1v) is 21.7. The molecule has 2 unspecified atom stereocenters. The number of hydrogen-bond acceptors (Lipinski definition) is 8. The van der Waals surface area contributed by atoms with E-state index in [-0.39, 0.29) is 39.2 Å². The second-order valence-corrected chi connectivity index (χ2v) is 14.9. The highest BCUT2D eigenvalue weighted by molar-refractivity contribution is 7.47. The van der Waals surface area contributed by atoms with Crippen LogP contribution in [0.25, 0.3) is 0 Å². The van der Waals surface area contributed by atoms with Crippen molar-refractivity contribution in [1.82, 2.24) is 0 Å². The predicted octanol–water partition coefficient (Wildman–Crippen LogP) is 11.1. The molecule has 0 aromatic rings. The Labute approximate surface area is 300 Å². The summed E-state index contributed by atoms with van der Waals surface area (Å²) in [5.74, 6) is -0.827. The summed E-state index contributed by atoms with van der Waals surface area (Å²) in [6.45, 7) is 3.74. The minimum atomic E-state index is -4.46. The molecule has 0 heterocycles. The van der Waals surface area contributed by atoms with E-state index in [1.54, 1.807) is 0 Å². The molecule has 0 fully saturated rings. The summed E-state index contributed by atoms with van der Waals surface area (Å²) in [5.41, 5.74) is 5.36. The lowest BCUT2D eigenvalue weighted by molar-refractivity contribution is -0.152. The highest BCUT2D eigenvalue weighted by atomic mass is 31.2. The number of esters is 2. The van der Waals surface area contributed by atoms with E-state index < -0.39 is 25.9 Å². The average molecular weight is 718 g/mol. The number of nitrogens with two attached hydrogens (primary N) is 1. The van der Waals surface area contributed by atoms with Gasteiger partial charge in [-0.1, -0.05) is 154 Å². The number of carbonyl (C=O) groups is 2. The van der Waals surface area contributed by atoms with Gasteiger partial charge >= 0.3 is 19.8 Å². The van der Waals surface area contributed by atoms with Crippen molar-refractivity contribution >= 4 is 19.8 Å². The summed E-state index contributed by atoms with van der Waals surface area (Å²) in [6, 6.07) is 0. The van der Waals surface area contributed by atoms with Gasteiger partial charge < -0.3 is 20.1 Å². The van der Waals surface area contributed by atoms with E-state index in [0.29, 0.717) is 6.42 Å². The minimum Gasteiger partial charge on any atom is -0.463 e. The van der Waals surface area contributed by atoms with Gasteiger partial charge in [0.2, 0.25) is 0 Å². The number of phosphoric ester groups is 1. The molecule has 0 aromatic heterocycles.